The molecule has 196 valence electrons. The largest absolute Gasteiger partial charge is 0.461 e. The van der Waals surface area contributed by atoms with Gasteiger partial charge in [0.05, 0.1) is 0 Å². The summed E-state index contributed by atoms with van der Waals surface area (Å²) in [5, 5.41) is 0. The lowest BCUT2D eigenvalue weighted by molar-refractivity contribution is 0.339. The highest BCUT2D eigenvalue weighted by atomic mass is 16.5. The van der Waals surface area contributed by atoms with Gasteiger partial charge in [-0.25, -0.2) is 0 Å². The van der Waals surface area contributed by atoms with Crippen molar-refractivity contribution in [1.29, 1.82) is 0 Å². The van der Waals surface area contributed by atoms with Crippen LogP contribution < -0.4 is 9.47 Å². The van der Waals surface area contributed by atoms with Crippen molar-refractivity contribution in [3.8, 4) is 11.5 Å². The number of allylic oxidation sites excluding steroid dienone is 12. The molecule has 0 spiro atoms. The summed E-state index contributed by atoms with van der Waals surface area (Å²) in [6, 6.07) is 28.2. The van der Waals surface area contributed by atoms with E-state index in [1.54, 1.807) is 0 Å². The van der Waals surface area contributed by atoms with E-state index in [0.29, 0.717) is 11.8 Å². The topological polar surface area (TPSA) is 18.5 Å². The smallest absolute Gasteiger partial charge is 0.130 e. The molecule has 5 aliphatic rings. The van der Waals surface area contributed by atoms with E-state index in [4.69, 9.17) is 9.47 Å². The molecule has 0 aromatic heterocycles. The molecular weight excluding hydrogens is 488 g/mol. The highest BCUT2D eigenvalue weighted by Gasteiger charge is 2.44. The first-order valence-electron chi connectivity index (χ1n) is 14.6. The number of ether oxygens (including phenoxy) is 2. The number of hydrogen-bond donors (Lipinski definition) is 0. The molecule has 8 rings (SSSR count). The number of fused-ring (bicyclic) bond motifs is 2. The van der Waals surface area contributed by atoms with Gasteiger partial charge in [-0.15, -0.1) is 0 Å². The third kappa shape index (κ3) is 3.85. The van der Waals surface area contributed by atoms with E-state index in [-0.39, 0.29) is 11.8 Å². The lowest BCUT2D eigenvalue weighted by atomic mass is 9.65. The van der Waals surface area contributed by atoms with Gasteiger partial charge in [0.1, 0.15) is 23.0 Å². The number of benzene rings is 3. The minimum absolute atomic E-state index is 0.146. The molecular formula is C38H32O2. The Morgan fingerprint density at radius 1 is 0.650 bits per heavy atom. The lowest BCUT2D eigenvalue weighted by Crippen LogP contribution is -2.30. The summed E-state index contributed by atoms with van der Waals surface area (Å²) in [5.41, 5.74) is 8.01. The predicted molar refractivity (Wildman–Crippen MR) is 160 cm³/mol. The normalized spacial score (nSPS) is 26.1. The fourth-order valence-corrected chi connectivity index (χ4v) is 7.35. The molecule has 2 aliphatic heterocycles. The Morgan fingerprint density at radius 2 is 1.38 bits per heavy atom. The van der Waals surface area contributed by atoms with E-state index in [1.165, 1.54) is 33.4 Å². The minimum atomic E-state index is 0.146. The van der Waals surface area contributed by atoms with Crippen LogP contribution in [0.3, 0.4) is 0 Å². The molecule has 0 radical (unpaired) electrons. The van der Waals surface area contributed by atoms with E-state index in [0.717, 1.165) is 48.7 Å². The third-order valence-corrected chi connectivity index (χ3v) is 9.14. The Hall–Kier alpha value is -4.30. The van der Waals surface area contributed by atoms with Crippen LogP contribution in [0.4, 0.5) is 0 Å². The zero-order valence-corrected chi connectivity index (χ0v) is 22.5. The fraction of sp³-hybridized carbons (Fsp3) is 0.211. The van der Waals surface area contributed by atoms with Crippen molar-refractivity contribution in [2.45, 2.75) is 43.4 Å². The van der Waals surface area contributed by atoms with Crippen LogP contribution >= 0.6 is 0 Å². The zero-order chi connectivity index (χ0) is 26.5. The molecule has 40 heavy (non-hydrogen) atoms. The molecule has 0 saturated heterocycles. The molecule has 0 amide bonds. The molecule has 4 atom stereocenters. The first-order valence-corrected chi connectivity index (χ1v) is 14.6. The lowest BCUT2D eigenvalue weighted by Gasteiger charge is -2.43. The van der Waals surface area contributed by atoms with Crippen LogP contribution in [0.2, 0.25) is 0 Å². The van der Waals surface area contributed by atoms with Crippen molar-refractivity contribution in [3.63, 3.8) is 0 Å². The average molecular weight is 521 g/mol. The maximum Gasteiger partial charge on any atom is 0.130 e. The van der Waals surface area contributed by atoms with E-state index in [9.17, 15) is 0 Å². The molecule has 4 unspecified atom stereocenters. The minimum Gasteiger partial charge on any atom is -0.461 e. The average Bonchev–Trinajstić information content (AvgIpc) is 3.03. The molecule has 0 saturated carbocycles. The second-order valence-corrected chi connectivity index (χ2v) is 11.4. The van der Waals surface area contributed by atoms with Gasteiger partial charge in [-0.05, 0) is 41.7 Å². The molecule has 2 heteroatoms. The van der Waals surface area contributed by atoms with Crippen molar-refractivity contribution in [1.82, 2.24) is 0 Å². The number of hydrogen-bond acceptors (Lipinski definition) is 2. The van der Waals surface area contributed by atoms with Gasteiger partial charge in [0, 0.05) is 53.2 Å². The summed E-state index contributed by atoms with van der Waals surface area (Å²) in [6.07, 6.45) is 20.1. The standard InChI is InChI=1S/C38H32O2/c1-3-12-25(13-4-1)27-22-23-31-35(24-27)40-32-19-9-7-16-29(32)36(31)38-30-17-8-10-20-33(30)39-34-21-11-18-28(37(34)38)26-14-5-2-6-15-26/h1-10,12-14,16-20,22-23,26-27,36,38H,11,15,21,24H2. The zero-order valence-electron chi connectivity index (χ0n) is 22.5. The summed E-state index contributed by atoms with van der Waals surface area (Å²) >= 11 is 0. The summed E-state index contributed by atoms with van der Waals surface area (Å²) in [5.74, 6) is 5.23. The van der Waals surface area contributed by atoms with Crippen molar-refractivity contribution in [2.75, 3.05) is 0 Å². The number of rotatable bonds is 3. The highest BCUT2D eigenvalue weighted by molar-refractivity contribution is 5.62. The Balaban J connectivity index is 1.30. The molecule has 0 N–H and O–H groups in total. The van der Waals surface area contributed by atoms with Gasteiger partial charge < -0.3 is 9.47 Å². The maximum absolute atomic E-state index is 6.72. The molecule has 2 nitrogen and oxygen atoms in total. The quantitative estimate of drug-likeness (QED) is 0.342. The molecule has 0 bridgehead atoms. The highest BCUT2D eigenvalue weighted by Crippen LogP contribution is 2.58. The number of para-hydroxylation sites is 2. The van der Waals surface area contributed by atoms with Crippen LogP contribution in [-0.4, -0.2) is 0 Å². The third-order valence-electron chi connectivity index (χ3n) is 9.14. The maximum atomic E-state index is 6.72. The van der Waals surface area contributed by atoms with E-state index < -0.39 is 0 Å². The molecule has 3 aliphatic carbocycles. The van der Waals surface area contributed by atoms with Crippen LogP contribution in [0.5, 0.6) is 11.5 Å². The Bertz CT molecular complexity index is 1660. The monoisotopic (exact) mass is 520 g/mol. The summed E-state index contributed by atoms with van der Waals surface area (Å²) in [6.45, 7) is 0. The van der Waals surface area contributed by atoms with Crippen LogP contribution in [-0.2, 0) is 0 Å². The van der Waals surface area contributed by atoms with Crippen LogP contribution in [0.1, 0.15) is 60.1 Å². The van der Waals surface area contributed by atoms with Crippen molar-refractivity contribution in [3.05, 3.63) is 166 Å². The molecule has 0 fully saturated rings. The molecule has 2 heterocycles. The van der Waals surface area contributed by atoms with E-state index in [1.807, 2.05) is 0 Å². The summed E-state index contributed by atoms with van der Waals surface area (Å²) in [4.78, 5) is 0. The van der Waals surface area contributed by atoms with Crippen molar-refractivity contribution >= 4 is 0 Å². The van der Waals surface area contributed by atoms with Gasteiger partial charge in [0.2, 0.25) is 0 Å². The first kappa shape index (κ1) is 23.6. The second-order valence-electron chi connectivity index (χ2n) is 11.4. The second kappa shape index (κ2) is 9.71. The van der Waals surface area contributed by atoms with Gasteiger partial charge in [0.15, 0.2) is 0 Å². The van der Waals surface area contributed by atoms with Gasteiger partial charge in [0.25, 0.3) is 0 Å². The Kier molecular flexibility index (Phi) is 5.72. The van der Waals surface area contributed by atoms with Gasteiger partial charge in [-0.3, -0.25) is 0 Å². The van der Waals surface area contributed by atoms with Crippen LogP contribution in [0.15, 0.2) is 150 Å². The Labute approximate surface area is 236 Å². The molecule has 3 aromatic carbocycles. The summed E-state index contributed by atoms with van der Waals surface area (Å²) in [7, 11) is 0. The van der Waals surface area contributed by atoms with E-state index in [2.05, 4.69) is 121 Å². The fourth-order valence-electron chi connectivity index (χ4n) is 7.35. The van der Waals surface area contributed by atoms with Crippen LogP contribution in [0, 0.1) is 5.92 Å². The van der Waals surface area contributed by atoms with Gasteiger partial charge in [-0.1, -0.05) is 109 Å². The SMILES string of the molecule is C1=CCC(C2=CCCC3=C2C(C2C4=C(CC(c5ccccc5)C=C4)Oc4ccccc42)c2ccccc2O3)C=C1. The van der Waals surface area contributed by atoms with Gasteiger partial charge >= 0.3 is 0 Å². The van der Waals surface area contributed by atoms with Crippen molar-refractivity contribution < 1.29 is 9.47 Å². The Morgan fingerprint density at radius 3 is 2.15 bits per heavy atom. The van der Waals surface area contributed by atoms with Crippen molar-refractivity contribution in [2.24, 2.45) is 5.92 Å². The first-order chi connectivity index (χ1) is 19.8. The van der Waals surface area contributed by atoms with Gasteiger partial charge in [-0.2, -0.15) is 0 Å². The van der Waals surface area contributed by atoms with Crippen LogP contribution in [0.25, 0.3) is 0 Å². The van der Waals surface area contributed by atoms with E-state index >= 15 is 0 Å². The molecule has 3 aromatic rings. The predicted octanol–water partition coefficient (Wildman–Crippen LogP) is 9.44. The summed E-state index contributed by atoms with van der Waals surface area (Å²) < 4.78 is 13.4.